The van der Waals surface area contributed by atoms with Gasteiger partial charge in [-0.05, 0) is 11.8 Å². The molecule has 4 atom stereocenters. The molecule has 0 saturated carbocycles. The fourth-order valence-electron chi connectivity index (χ4n) is 2.03. The first-order valence-electron chi connectivity index (χ1n) is 5.64. The van der Waals surface area contributed by atoms with Gasteiger partial charge in [0, 0.05) is 25.2 Å². The molecule has 0 N–H and O–H groups in total. The van der Waals surface area contributed by atoms with E-state index in [1.807, 2.05) is 0 Å². The summed E-state index contributed by atoms with van der Waals surface area (Å²) in [5, 5.41) is 0. The lowest BCUT2D eigenvalue weighted by atomic mass is 10.1. The van der Waals surface area contributed by atoms with Crippen molar-refractivity contribution in [3.63, 3.8) is 0 Å². The molecule has 2 rings (SSSR count). The smallest absolute Gasteiger partial charge is 0.195 e. The van der Waals surface area contributed by atoms with E-state index in [4.69, 9.17) is 0 Å². The van der Waals surface area contributed by atoms with Crippen LogP contribution in [0.5, 0.6) is 0 Å². The topological polar surface area (TPSA) is 40.2 Å². The maximum Gasteiger partial charge on any atom is 0.282 e. The lowest BCUT2D eigenvalue weighted by molar-refractivity contribution is 0.468. The van der Waals surface area contributed by atoms with Crippen LogP contribution in [0.4, 0.5) is 0 Å². The average molecular weight is 232 g/mol. The summed E-state index contributed by atoms with van der Waals surface area (Å²) in [7, 11) is -3.11. The summed E-state index contributed by atoms with van der Waals surface area (Å²) >= 11 is 0. The second kappa shape index (κ2) is 3.43. The van der Waals surface area contributed by atoms with Gasteiger partial charge in [-0.15, -0.1) is 0 Å². The molecule has 0 aromatic rings. The summed E-state index contributed by atoms with van der Waals surface area (Å²) in [5.74, 6) is 0.856. The van der Waals surface area contributed by atoms with Crippen molar-refractivity contribution in [2.45, 2.75) is 39.8 Å². The molecule has 0 bridgehead atoms. The first kappa shape index (κ1) is 11.4. The van der Waals surface area contributed by atoms with Crippen molar-refractivity contribution in [1.82, 2.24) is 8.61 Å². The Bertz CT molecular complexity index is 322. The van der Waals surface area contributed by atoms with Crippen LogP contribution in [-0.4, -0.2) is 42.2 Å². The van der Waals surface area contributed by atoms with Gasteiger partial charge >= 0.3 is 0 Å². The normalized spacial score (nSPS) is 39.9. The van der Waals surface area contributed by atoms with Crippen molar-refractivity contribution in [1.29, 1.82) is 0 Å². The number of rotatable bonds is 4. The van der Waals surface area contributed by atoms with Crippen molar-refractivity contribution < 1.29 is 8.42 Å². The number of hydrogen-bond donors (Lipinski definition) is 0. The van der Waals surface area contributed by atoms with Crippen molar-refractivity contribution >= 4 is 10.2 Å². The molecule has 88 valence electrons. The van der Waals surface area contributed by atoms with Gasteiger partial charge in [0.2, 0.25) is 0 Å². The Hall–Kier alpha value is -0.130. The maximum absolute atomic E-state index is 12.0. The third kappa shape index (κ3) is 1.92. The van der Waals surface area contributed by atoms with Crippen molar-refractivity contribution in [2.75, 3.05) is 13.1 Å². The van der Waals surface area contributed by atoms with Gasteiger partial charge < -0.3 is 0 Å². The fourth-order valence-corrected chi connectivity index (χ4v) is 4.15. The van der Waals surface area contributed by atoms with Crippen molar-refractivity contribution in [2.24, 2.45) is 11.8 Å². The van der Waals surface area contributed by atoms with Crippen LogP contribution in [0.1, 0.15) is 27.7 Å². The van der Waals surface area contributed by atoms with E-state index in [-0.39, 0.29) is 12.1 Å². The summed E-state index contributed by atoms with van der Waals surface area (Å²) in [5.41, 5.74) is 0. The lowest BCUT2D eigenvalue weighted by Crippen LogP contribution is -2.26. The summed E-state index contributed by atoms with van der Waals surface area (Å²) in [4.78, 5) is 0. The minimum Gasteiger partial charge on any atom is -0.195 e. The van der Waals surface area contributed by atoms with Gasteiger partial charge in [-0.2, -0.15) is 17.0 Å². The van der Waals surface area contributed by atoms with Crippen LogP contribution in [0.3, 0.4) is 0 Å². The van der Waals surface area contributed by atoms with Crippen LogP contribution < -0.4 is 0 Å². The third-order valence-electron chi connectivity index (χ3n) is 3.34. The van der Waals surface area contributed by atoms with Crippen LogP contribution in [0.15, 0.2) is 0 Å². The van der Waals surface area contributed by atoms with Gasteiger partial charge in [0.25, 0.3) is 10.2 Å². The fraction of sp³-hybridized carbons (Fsp3) is 1.00. The van der Waals surface area contributed by atoms with Crippen LogP contribution >= 0.6 is 0 Å². The molecule has 4 nitrogen and oxygen atoms in total. The molecule has 2 saturated heterocycles. The molecule has 2 fully saturated rings. The molecule has 0 aromatic carbocycles. The Morgan fingerprint density at radius 3 is 1.47 bits per heavy atom. The van der Waals surface area contributed by atoms with E-state index in [2.05, 4.69) is 27.7 Å². The molecule has 2 heterocycles. The Morgan fingerprint density at radius 1 is 0.933 bits per heavy atom. The molecule has 2 aliphatic heterocycles. The highest BCUT2D eigenvalue weighted by Crippen LogP contribution is 2.37. The van der Waals surface area contributed by atoms with E-state index < -0.39 is 10.2 Å². The minimum atomic E-state index is -3.11. The van der Waals surface area contributed by atoms with E-state index in [1.54, 1.807) is 8.61 Å². The van der Waals surface area contributed by atoms with Crippen molar-refractivity contribution in [3.8, 4) is 0 Å². The second-order valence-corrected chi connectivity index (χ2v) is 7.10. The minimum absolute atomic E-state index is 0.239. The van der Waals surface area contributed by atoms with E-state index in [0.29, 0.717) is 24.9 Å². The van der Waals surface area contributed by atoms with Crippen LogP contribution in [0.2, 0.25) is 0 Å². The predicted octanol–water partition coefficient (Wildman–Crippen LogP) is 0.912. The van der Waals surface area contributed by atoms with Crippen LogP contribution in [0.25, 0.3) is 0 Å². The molecule has 0 aliphatic carbocycles. The van der Waals surface area contributed by atoms with Gasteiger partial charge in [-0.1, -0.05) is 27.7 Å². The maximum atomic E-state index is 12.0. The van der Waals surface area contributed by atoms with Gasteiger partial charge in [-0.3, -0.25) is 0 Å². The van der Waals surface area contributed by atoms with Crippen LogP contribution in [0, 0.1) is 11.8 Å². The molecule has 0 spiro atoms. The quantitative estimate of drug-likeness (QED) is 0.676. The monoisotopic (exact) mass is 232 g/mol. The third-order valence-corrected chi connectivity index (χ3v) is 5.36. The lowest BCUT2D eigenvalue weighted by Gasteiger charge is -2.10. The molecule has 0 aromatic heterocycles. The molecule has 0 amide bonds. The SMILES string of the molecule is CC(C)[C@H]1CN1S(=O)(=O)N1C[C@@H]1C(C)C. The number of hydrogen-bond acceptors (Lipinski definition) is 2. The summed E-state index contributed by atoms with van der Waals surface area (Å²) < 4.78 is 27.3. The number of nitrogens with zero attached hydrogens (tertiary/aromatic N) is 2. The summed E-state index contributed by atoms with van der Waals surface area (Å²) in [6, 6.07) is 0.479. The molecule has 2 unspecified atom stereocenters. The highest BCUT2D eigenvalue weighted by molar-refractivity contribution is 7.87. The van der Waals surface area contributed by atoms with E-state index in [9.17, 15) is 8.42 Å². The molecule has 15 heavy (non-hydrogen) atoms. The first-order valence-corrected chi connectivity index (χ1v) is 7.04. The highest BCUT2D eigenvalue weighted by atomic mass is 32.2. The summed E-state index contributed by atoms with van der Waals surface area (Å²) in [6.45, 7) is 9.71. The van der Waals surface area contributed by atoms with Gasteiger partial charge in [-0.25, -0.2) is 0 Å². The summed E-state index contributed by atoms with van der Waals surface area (Å²) in [6.07, 6.45) is 0. The Balaban J connectivity index is 1.99. The Morgan fingerprint density at radius 2 is 1.27 bits per heavy atom. The van der Waals surface area contributed by atoms with Gasteiger partial charge in [0.15, 0.2) is 0 Å². The molecular weight excluding hydrogens is 212 g/mol. The predicted molar refractivity (Wildman–Crippen MR) is 59.6 cm³/mol. The van der Waals surface area contributed by atoms with Gasteiger partial charge in [0.1, 0.15) is 0 Å². The zero-order chi connectivity index (χ0) is 11.4. The molecular formula is C10H20N2O2S. The van der Waals surface area contributed by atoms with Crippen LogP contribution in [-0.2, 0) is 10.2 Å². The average Bonchev–Trinajstić information content (AvgIpc) is 2.98. The largest absolute Gasteiger partial charge is 0.282 e. The molecule has 5 heteroatoms. The van der Waals surface area contributed by atoms with E-state index >= 15 is 0 Å². The van der Waals surface area contributed by atoms with E-state index in [0.717, 1.165) is 0 Å². The Labute approximate surface area is 92.4 Å². The molecule has 0 radical (unpaired) electrons. The van der Waals surface area contributed by atoms with E-state index in [1.165, 1.54) is 0 Å². The second-order valence-electron chi connectivity index (χ2n) is 5.27. The highest BCUT2D eigenvalue weighted by Gasteiger charge is 2.55. The standard InChI is InChI=1S/C10H20N2O2S/c1-7(2)9-5-11(9)15(13,14)12-6-10(12)8(3)4/h7-10H,5-6H2,1-4H3/t9-,10-,11?,12?/m1/s1. The zero-order valence-corrected chi connectivity index (χ0v) is 10.7. The molecule has 2 aliphatic rings. The van der Waals surface area contributed by atoms with Gasteiger partial charge in [0.05, 0.1) is 0 Å². The Kier molecular flexibility index (Phi) is 2.60. The van der Waals surface area contributed by atoms with Crippen molar-refractivity contribution in [3.05, 3.63) is 0 Å². The zero-order valence-electron chi connectivity index (χ0n) is 9.84. The first-order chi connectivity index (χ1) is 6.85.